The van der Waals surface area contributed by atoms with Crippen LogP contribution in [0.1, 0.15) is 73.1 Å². The van der Waals surface area contributed by atoms with Crippen molar-refractivity contribution >= 4 is 0 Å². The van der Waals surface area contributed by atoms with Crippen LogP contribution in [-0.2, 0) is 0 Å². The lowest BCUT2D eigenvalue weighted by Crippen LogP contribution is -2.41. The average Bonchev–Trinajstić information content (AvgIpc) is 2.77. The van der Waals surface area contributed by atoms with Crippen molar-refractivity contribution in [3.05, 3.63) is 12.2 Å². The lowest BCUT2D eigenvalue weighted by atomic mass is 9.62. The van der Waals surface area contributed by atoms with Gasteiger partial charge in [-0.15, -0.1) is 0 Å². The zero-order valence-corrected chi connectivity index (χ0v) is 14.8. The largest absolute Gasteiger partial charge is 0.393 e. The number of allylic oxidation sites excluding steroid dienone is 2. The molecule has 0 bridgehead atoms. The van der Waals surface area contributed by atoms with Gasteiger partial charge in [-0.2, -0.15) is 0 Å². The molecule has 0 radical (unpaired) electrons. The summed E-state index contributed by atoms with van der Waals surface area (Å²) in [6, 6.07) is 0. The van der Waals surface area contributed by atoms with Gasteiger partial charge >= 0.3 is 0 Å². The van der Waals surface area contributed by atoms with Gasteiger partial charge in [0.05, 0.1) is 6.10 Å². The van der Waals surface area contributed by atoms with E-state index < -0.39 is 0 Å². The summed E-state index contributed by atoms with van der Waals surface area (Å²) in [6.07, 6.45) is 12.3. The van der Waals surface area contributed by atoms with E-state index >= 15 is 0 Å². The van der Waals surface area contributed by atoms with E-state index in [1.54, 1.807) is 0 Å². The van der Waals surface area contributed by atoms with Gasteiger partial charge in [0, 0.05) is 0 Å². The van der Waals surface area contributed by atoms with Crippen molar-refractivity contribution in [1.29, 1.82) is 0 Å². The van der Waals surface area contributed by atoms with Gasteiger partial charge in [-0.3, -0.25) is 0 Å². The predicted octanol–water partition coefficient (Wildman–Crippen LogP) is 5.44. The van der Waals surface area contributed by atoms with Crippen LogP contribution in [0.3, 0.4) is 0 Å². The monoisotopic (exact) mass is 292 g/mol. The summed E-state index contributed by atoms with van der Waals surface area (Å²) in [6.45, 7) is 11.8. The maximum atomic E-state index is 10.4. The summed E-state index contributed by atoms with van der Waals surface area (Å²) in [5.41, 5.74) is 0.376. The molecule has 0 aliphatic heterocycles. The maximum absolute atomic E-state index is 10.4. The van der Waals surface area contributed by atoms with E-state index in [0.717, 1.165) is 24.2 Å². The first kappa shape index (κ1) is 17.1. The molecule has 2 aliphatic rings. The van der Waals surface area contributed by atoms with Crippen LogP contribution in [0, 0.1) is 35.0 Å². The first-order valence-corrected chi connectivity index (χ1v) is 9.26. The van der Waals surface area contributed by atoms with Crippen molar-refractivity contribution in [2.24, 2.45) is 35.0 Å². The van der Waals surface area contributed by atoms with Crippen molar-refractivity contribution in [3.63, 3.8) is 0 Å². The molecule has 21 heavy (non-hydrogen) atoms. The number of aliphatic hydroxyl groups excluding tert-OH is 1. The fourth-order valence-electron chi connectivity index (χ4n) is 5.33. The van der Waals surface area contributed by atoms with Crippen LogP contribution in [0.25, 0.3) is 0 Å². The molecule has 2 saturated carbocycles. The van der Waals surface area contributed by atoms with Crippen molar-refractivity contribution < 1.29 is 5.11 Å². The molecule has 0 unspecified atom stereocenters. The van der Waals surface area contributed by atoms with Gasteiger partial charge in [0.2, 0.25) is 0 Å². The van der Waals surface area contributed by atoms with Crippen molar-refractivity contribution in [2.45, 2.75) is 79.2 Å². The molecule has 0 aromatic rings. The molecule has 1 nitrogen and oxygen atoms in total. The summed E-state index contributed by atoms with van der Waals surface area (Å²) in [7, 11) is 0. The van der Waals surface area contributed by atoms with E-state index in [9.17, 15) is 5.11 Å². The van der Waals surface area contributed by atoms with Gasteiger partial charge in [-0.1, -0.05) is 53.2 Å². The fourth-order valence-corrected chi connectivity index (χ4v) is 5.33. The summed E-state index contributed by atoms with van der Waals surface area (Å²) >= 11 is 0. The second-order valence-electron chi connectivity index (χ2n) is 8.32. The van der Waals surface area contributed by atoms with E-state index in [0.29, 0.717) is 17.3 Å². The molecule has 1 N–H and O–H groups in total. The predicted molar refractivity (Wildman–Crippen MR) is 91.1 cm³/mol. The van der Waals surface area contributed by atoms with E-state index in [1.165, 1.54) is 32.1 Å². The number of rotatable bonds is 5. The second-order valence-corrected chi connectivity index (χ2v) is 8.32. The Morgan fingerprint density at radius 1 is 1.14 bits per heavy atom. The molecule has 122 valence electrons. The molecule has 0 aromatic carbocycles. The highest BCUT2D eigenvalue weighted by molar-refractivity contribution is 5.05. The lowest BCUT2D eigenvalue weighted by Gasteiger charge is -2.44. The Balaban J connectivity index is 2.06. The van der Waals surface area contributed by atoms with Gasteiger partial charge in [-0.25, -0.2) is 0 Å². The van der Waals surface area contributed by atoms with E-state index in [4.69, 9.17) is 0 Å². The Kier molecular flexibility index (Phi) is 5.57. The molecular formula is C20H36O. The maximum Gasteiger partial charge on any atom is 0.0573 e. The first-order chi connectivity index (χ1) is 9.90. The third-order valence-corrected chi connectivity index (χ3v) is 6.79. The molecule has 1 heteroatoms. The van der Waals surface area contributed by atoms with Crippen molar-refractivity contribution in [3.8, 4) is 0 Å². The second kappa shape index (κ2) is 6.86. The van der Waals surface area contributed by atoms with Gasteiger partial charge in [-0.05, 0) is 67.1 Å². The standard InChI is InChI=1S/C20H36O/c1-6-16(14(2)3)10-9-15(4)17-11-12-18-19(21)8-7-13-20(17,18)5/h9-10,14-19,21H,6-8,11-13H2,1-5H3/t15-,16-,17-,18+,19+,20-/m1/s1. The highest BCUT2D eigenvalue weighted by atomic mass is 16.3. The number of hydrogen-bond donors (Lipinski definition) is 1. The molecule has 0 heterocycles. The number of hydrogen-bond acceptors (Lipinski definition) is 1. The topological polar surface area (TPSA) is 20.2 Å². The Labute approximate surface area is 132 Å². The molecular weight excluding hydrogens is 256 g/mol. The minimum absolute atomic E-state index is 0.0380. The van der Waals surface area contributed by atoms with Crippen LogP contribution in [0.2, 0.25) is 0 Å². The Bertz CT molecular complexity index is 359. The Hall–Kier alpha value is -0.300. The summed E-state index contributed by atoms with van der Waals surface area (Å²) in [5, 5.41) is 10.4. The van der Waals surface area contributed by atoms with Crippen LogP contribution in [0.5, 0.6) is 0 Å². The Morgan fingerprint density at radius 3 is 2.48 bits per heavy atom. The normalized spacial score (nSPS) is 39.7. The zero-order valence-electron chi connectivity index (χ0n) is 14.8. The van der Waals surface area contributed by atoms with Crippen LogP contribution < -0.4 is 0 Å². The molecule has 0 aromatic heterocycles. The third kappa shape index (κ3) is 3.38. The van der Waals surface area contributed by atoms with Crippen molar-refractivity contribution in [2.75, 3.05) is 0 Å². The quantitative estimate of drug-likeness (QED) is 0.669. The van der Waals surface area contributed by atoms with Crippen LogP contribution in [0.4, 0.5) is 0 Å². The van der Waals surface area contributed by atoms with Gasteiger partial charge in [0.1, 0.15) is 0 Å². The number of aliphatic hydroxyl groups is 1. The number of fused-ring (bicyclic) bond motifs is 1. The summed E-state index contributed by atoms with van der Waals surface area (Å²) in [4.78, 5) is 0. The van der Waals surface area contributed by atoms with Gasteiger partial charge in [0.25, 0.3) is 0 Å². The molecule has 0 spiro atoms. The molecule has 0 amide bonds. The average molecular weight is 293 g/mol. The Morgan fingerprint density at radius 2 is 1.86 bits per heavy atom. The molecule has 2 rings (SSSR count). The zero-order chi connectivity index (χ0) is 15.6. The van der Waals surface area contributed by atoms with Crippen molar-refractivity contribution in [1.82, 2.24) is 0 Å². The highest BCUT2D eigenvalue weighted by Crippen LogP contribution is 2.57. The molecule has 6 atom stereocenters. The first-order valence-electron chi connectivity index (χ1n) is 9.26. The van der Waals surface area contributed by atoms with Crippen LogP contribution in [-0.4, -0.2) is 11.2 Å². The van der Waals surface area contributed by atoms with Gasteiger partial charge < -0.3 is 5.11 Å². The fraction of sp³-hybridized carbons (Fsp3) is 0.900. The summed E-state index contributed by atoms with van der Waals surface area (Å²) < 4.78 is 0. The summed E-state index contributed by atoms with van der Waals surface area (Å²) in [5.74, 6) is 3.42. The molecule has 2 aliphatic carbocycles. The molecule has 2 fully saturated rings. The SMILES string of the molecule is CC[C@H](C=C[C@@H](C)[C@H]1CC[C@H]2[C@@H](O)CCC[C@]12C)C(C)C. The minimum atomic E-state index is -0.0380. The van der Waals surface area contributed by atoms with E-state index in [-0.39, 0.29) is 6.10 Å². The molecule has 0 saturated heterocycles. The lowest BCUT2D eigenvalue weighted by molar-refractivity contribution is -0.0231. The van der Waals surface area contributed by atoms with Gasteiger partial charge in [0.15, 0.2) is 0 Å². The van der Waals surface area contributed by atoms with Crippen LogP contribution in [0.15, 0.2) is 12.2 Å². The van der Waals surface area contributed by atoms with E-state index in [2.05, 4.69) is 46.8 Å². The van der Waals surface area contributed by atoms with E-state index in [1.807, 2.05) is 0 Å². The van der Waals surface area contributed by atoms with Crippen LogP contribution >= 0.6 is 0 Å². The third-order valence-electron chi connectivity index (χ3n) is 6.79. The smallest absolute Gasteiger partial charge is 0.0573 e. The minimum Gasteiger partial charge on any atom is -0.393 e. The highest BCUT2D eigenvalue weighted by Gasteiger charge is 2.51.